The molecule has 2 nitrogen and oxygen atoms in total. The van der Waals surface area contributed by atoms with Crippen LogP contribution in [0.3, 0.4) is 0 Å². The Labute approximate surface area is 121 Å². The molecule has 0 N–H and O–H groups in total. The molecule has 1 rings (SSSR count). The molecule has 0 aliphatic carbocycles. The molecule has 0 aromatic carbocycles. The summed E-state index contributed by atoms with van der Waals surface area (Å²) in [5.74, 6) is 0. The molecule has 0 atom stereocenters. The van der Waals surface area contributed by atoms with Crippen molar-refractivity contribution in [1.82, 2.24) is 4.57 Å². The SMILES string of the molecule is CCCCC[n+]1ccn(CCCC)c1.F[P-](F)(F)(F)(F)F. The molecule has 0 aliphatic heterocycles. The van der Waals surface area contributed by atoms with Crippen LogP contribution in [0.15, 0.2) is 18.7 Å². The molecule has 0 spiro atoms. The topological polar surface area (TPSA) is 8.81 Å². The predicted octanol–water partition coefficient (Wildman–Crippen LogP) is 6.15. The molecule has 1 heterocycles. The quantitative estimate of drug-likeness (QED) is 0.244. The summed E-state index contributed by atoms with van der Waals surface area (Å²) in [5.41, 5.74) is 0. The molecule has 128 valence electrons. The van der Waals surface area contributed by atoms with Crippen LogP contribution in [0.2, 0.25) is 0 Å². The minimum atomic E-state index is -10.7. The summed E-state index contributed by atoms with van der Waals surface area (Å²) in [6, 6.07) is 0. The second-order valence-corrected chi connectivity index (χ2v) is 6.82. The molecule has 9 heteroatoms. The van der Waals surface area contributed by atoms with E-state index in [1.54, 1.807) is 0 Å². The van der Waals surface area contributed by atoms with Crippen LogP contribution in [0.5, 0.6) is 0 Å². The Morgan fingerprint density at radius 3 is 1.90 bits per heavy atom. The van der Waals surface area contributed by atoms with Gasteiger partial charge in [-0.3, -0.25) is 0 Å². The van der Waals surface area contributed by atoms with E-state index in [0.29, 0.717) is 0 Å². The van der Waals surface area contributed by atoms with Crippen molar-refractivity contribution in [3.05, 3.63) is 18.7 Å². The Morgan fingerprint density at radius 2 is 1.43 bits per heavy atom. The molecule has 21 heavy (non-hydrogen) atoms. The zero-order chi connectivity index (χ0) is 16.6. The monoisotopic (exact) mass is 340 g/mol. The van der Waals surface area contributed by atoms with Crippen molar-refractivity contribution < 1.29 is 29.7 Å². The van der Waals surface area contributed by atoms with E-state index in [1.807, 2.05) is 0 Å². The van der Waals surface area contributed by atoms with Gasteiger partial charge in [0.15, 0.2) is 0 Å². The first-order valence-corrected chi connectivity index (χ1v) is 8.96. The minimum absolute atomic E-state index is 1.16. The van der Waals surface area contributed by atoms with Crippen LogP contribution >= 0.6 is 7.81 Å². The molecule has 0 aliphatic rings. The van der Waals surface area contributed by atoms with Crippen molar-refractivity contribution in [3.63, 3.8) is 0 Å². The van der Waals surface area contributed by atoms with Gasteiger partial charge in [0.1, 0.15) is 12.4 Å². The van der Waals surface area contributed by atoms with Crippen LogP contribution in [-0.4, -0.2) is 4.57 Å². The fraction of sp³-hybridized carbons (Fsp3) is 0.750. The average Bonchev–Trinajstić information content (AvgIpc) is 2.70. The van der Waals surface area contributed by atoms with Gasteiger partial charge in [-0.25, -0.2) is 9.13 Å². The first kappa shape index (κ1) is 20.2. The van der Waals surface area contributed by atoms with Crippen LogP contribution in [0, 0.1) is 0 Å². The number of halogens is 6. The average molecular weight is 340 g/mol. The van der Waals surface area contributed by atoms with E-state index in [-0.39, 0.29) is 0 Å². The van der Waals surface area contributed by atoms with Crippen molar-refractivity contribution in [1.29, 1.82) is 0 Å². The van der Waals surface area contributed by atoms with Crippen molar-refractivity contribution in [3.8, 4) is 0 Å². The molecule has 0 bridgehead atoms. The molecule has 0 saturated carbocycles. The fourth-order valence-corrected chi connectivity index (χ4v) is 1.59. The molecule has 0 amide bonds. The van der Waals surface area contributed by atoms with Crippen LogP contribution in [0.1, 0.15) is 46.0 Å². The normalized spacial score (nSPS) is 14.9. The summed E-state index contributed by atoms with van der Waals surface area (Å²) in [4.78, 5) is 0. The standard InChI is InChI=1S/C12H23N2.F6P/c1-3-5-7-9-14-11-10-13(12-14)8-6-4-2;1-7(2,3,4,5)6/h10-12H,3-9H2,1-2H3;/q+1;-1. The van der Waals surface area contributed by atoms with Gasteiger partial charge in [0.05, 0.1) is 13.1 Å². The zero-order valence-electron chi connectivity index (χ0n) is 12.3. The Morgan fingerprint density at radius 1 is 0.905 bits per heavy atom. The van der Waals surface area contributed by atoms with Crippen molar-refractivity contribution in [2.24, 2.45) is 0 Å². The van der Waals surface area contributed by atoms with Gasteiger partial charge in [-0.15, -0.1) is 0 Å². The Balaban J connectivity index is 0.000000486. The molecule has 0 unspecified atom stereocenters. The molecule has 0 fully saturated rings. The van der Waals surface area contributed by atoms with Crippen LogP contribution in [-0.2, 0) is 13.1 Å². The molecule has 1 aromatic heterocycles. The van der Waals surface area contributed by atoms with Gasteiger partial charge in [0, 0.05) is 0 Å². The number of nitrogens with zero attached hydrogens (tertiary/aromatic N) is 2. The Kier molecular flexibility index (Phi) is 6.73. The number of hydrogen-bond donors (Lipinski definition) is 0. The Bertz CT molecular complexity index is 400. The fourth-order valence-electron chi connectivity index (χ4n) is 1.59. The first-order valence-electron chi connectivity index (χ1n) is 6.93. The van der Waals surface area contributed by atoms with Gasteiger partial charge < -0.3 is 0 Å². The molecule has 0 radical (unpaired) electrons. The number of aryl methyl sites for hydroxylation is 2. The summed E-state index contributed by atoms with van der Waals surface area (Å²) in [6.07, 6.45) is 13.1. The predicted molar refractivity (Wildman–Crippen MR) is 72.6 cm³/mol. The Hall–Kier alpha value is -0.780. The second kappa shape index (κ2) is 6.99. The third-order valence-electron chi connectivity index (χ3n) is 2.54. The summed E-state index contributed by atoms with van der Waals surface area (Å²) in [6.45, 7) is 6.82. The van der Waals surface area contributed by atoms with E-state index in [9.17, 15) is 25.2 Å². The van der Waals surface area contributed by atoms with Crippen molar-refractivity contribution in [2.45, 2.75) is 59.0 Å². The third kappa shape index (κ3) is 19.2. The summed E-state index contributed by atoms with van der Waals surface area (Å²) in [5, 5.41) is 0. The van der Waals surface area contributed by atoms with Crippen molar-refractivity contribution in [2.75, 3.05) is 0 Å². The van der Waals surface area contributed by atoms with E-state index in [2.05, 4.69) is 41.7 Å². The first-order chi connectivity index (χ1) is 9.31. The number of aromatic nitrogens is 2. The van der Waals surface area contributed by atoms with Crippen molar-refractivity contribution >= 4 is 7.81 Å². The maximum atomic E-state index is 9.87. The van der Waals surface area contributed by atoms with Crippen LogP contribution < -0.4 is 4.57 Å². The number of hydrogen-bond acceptors (Lipinski definition) is 0. The van der Waals surface area contributed by atoms with Gasteiger partial charge in [-0.1, -0.05) is 26.7 Å². The zero-order valence-corrected chi connectivity index (χ0v) is 13.2. The second-order valence-electron chi connectivity index (χ2n) is 4.91. The number of unbranched alkanes of at least 4 members (excludes halogenated alkanes) is 3. The third-order valence-corrected chi connectivity index (χ3v) is 2.54. The van der Waals surface area contributed by atoms with E-state index >= 15 is 0 Å². The van der Waals surface area contributed by atoms with E-state index in [0.717, 1.165) is 6.54 Å². The molecule has 1 aromatic rings. The van der Waals surface area contributed by atoms with E-state index < -0.39 is 7.81 Å². The molecular weight excluding hydrogens is 317 g/mol. The van der Waals surface area contributed by atoms with Crippen LogP contribution in [0.25, 0.3) is 0 Å². The van der Waals surface area contributed by atoms with Gasteiger partial charge in [-0.2, -0.15) is 0 Å². The molecular formula is C12H23F6N2P. The number of imidazole rings is 1. The maximum absolute atomic E-state index is 10.7. The van der Waals surface area contributed by atoms with Crippen LogP contribution in [0.4, 0.5) is 25.2 Å². The summed E-state index contributed by atoms with van der Waals surface area (Å²) >= 11 is 0. The summed E-state index contributed by atoms with van der Waals surface area (Å²) < 4.78 is 63.8. The number of rotatable bonds is 7. The van der Waals surface area contributed by atoms with Gasteiger partial charge in [0.25, 0.3) is 0 Å². The van der Waals surface area contributed by atoms with Gasteiger partial charge >= 0.3 is 33.0 Å². The van der Waals surface area contributed by atoms with E-state index in [1.165, 1.54) is 38.6 Å². The van der Waals surface area contributed by atoms with Gasteiger partial charge in [-0.05, 0) is 19.3 Å². The summed E-state index contributed by atoms with van der Waals surface area (Å²) in [7, 11) is -10.7. The molecule has 0 saturated heterocycles. The van der Waals surface area contributed by atoms with E-state index in [4.69, 9.17) is 0 Å². The van der Waals surface area contributed by atoms with Gasteiger partial charge in [0.2, 0.25) is 6.33 Å².